The minimum atomic E-state index is 0.0311. The van der Waals surface area contributed by atoms with Crippen LogP contribution in [0.5, 0.6) is 17.2 Å². The molecule has 0 spiro atoms. The Morgan fingerprint density at radius 1 is 0.567 bits per heavy atom. The number of phenols is 3. The molecule has 0 aliphatic rings. The van der Waals surface area contributed by atoms with Crippen molar-refractivity contribution in [3.8, 4) is 17.2 Å². The molecule has 0 aliphatic carbocycles. The number of rotatable bonds is 6. The van der Waals surface area contributed by atoms with Crippen LogP contribution < -0.4 is 0 Å². The van der Waals surface area contributed by atoms with Gasteiger partial charge in [0.05, 0.1) is 5.88 Å². The van der Waals surface area contributed by atoms with Crippen LogP contribution in [0.2, 0.25) is 15.1 Å². The number of alkyl halides is 1. The summed E-state index contributed by atoms with van der Waals surface area (Å²) >= 11 is 24.5. The van der Waals surface area contributed by atoms with Gasteiger partial charge in [0.1, 0.15) is 17.2 Å². The largest absolute Gasteiger partial charge is 0.507 e. The van der Waals surface area contributed by atoms with Crippen LogP contribution in [0.25, 0.3) is 0 Å². The van der Waals surface area contributed by atoms with E-state index >= 15 is 0 Å². The molecule has 0 aromatic heterocycles. The van der Waals surface area contributed by atoms with Crippen molar-refractivity contribution in [2.24, 2.45) is 0 Å². The van der Waals surface area contributed by atoms with Crippen LogP contribution in [0, 0.1) is 0 Å². The summed E-state index contributed by atoms with van der Waals surface area (Å²) in [5.41, 5.74) is 3.43. The molecule has 3 aromatic rings. The van der Waals surface area contributed by atoms with Gasteiger partial charge >= 0.3 is 0 Å². The second kappa shape index (κ2) is 9.57. The van der Waals surface area contributed by atoms with Crippen molar-refractivity contribution in [3.63, 3.8) is 0 Å². The van der Waals surface area contributed by atoms with Gasteiger partial charge in [-0.25, -0.2) is 0 Å². The van der Waals surface area contributed by atoms with Crippen LogP contribution in [0.15, 0.2) is 36.4 Å². The highest BCUT2D eigenvalue weighted by Crippen LogP contribution is 2.37. The van der Waals surface area contributed by atoms with Crippen molar-refractivity contribution in [2.75, 3.05) is 0 Å². The van der Waals surface area contributed by atoms with Gasteiger partial charge in [-0.3, -0.25) is 0 Å². The highest BCUT2D eigenvalue weighted by Gasteiger charge is 2.17. The molecule has 0 aliphatic heterocycles. The predicted molar refractivity (Wildman–Crippen MR) is 124 cm³/mol. The molecule has 0 heterocycles. The lowest BCUT2D eigenvalue weighted by atomic mass is 9.95. The SMILES string of the molecule is CCc1cc(Cl)cc(Cc2cc(Cl)cc(Cc3cc(Cl)cc(CCl)c3O)c2O)c1O. The van der Waals surface area contributed by atoms with Gasteiger partial charge in [0.25, 0.3) is 0 Å². The topological polar surface area (TPSA) is 60.7 Å². The quantitative estimate of drug-likeness (QED) is 0.322. The highest BCUT2D eigenvalue weighted by molar-refractivity contribution is 6.31. The molecule has 7 heteroatoms. The second-order valence-corrected chi connectivity index (χ2v) is 8.64. The van der Waals surface area contributed by atoms with E-state index in [4.69, 9.17) is 46.4 Å². The number of hydrogen-bond acceptors (Lipinski definition) is 3. The molecule has 30 heavy (non-hydrogen) atoms. The normalized spacial score (nSPS) is 11.1. The standard InChI is InChI=1S/C23H20Cl4O3/c1-2-12-5-18(25)6-13(21(12)28)3-14-7-19(26)8-15(22(14)29)4-16-9-20(27)10-17(11-24)23(16)30/h5-10,28-30H,2-4,11H2,1H3. The molecule has 3 aromatic carbocycles. The van der Waals surface area contributed by atoms with E-state index in [1.807, 2.05) is 6.92 Å². The molecule has 0 saturated carbocycles. The van der Waals surface area contributed by atoms with Crippen LogP contribution >= 0.6 is 46.4 Å². The first-order valence-electron chi connectivity index (χ1n) is 9.30. The fourth-order valence-corrected chi connectivity index (χ4v) is 4.47. The van der Waals surface area contributed by atoms with E-state index in [2.05, 4.69) is 0 Å². The molecule has 3 nitrogen and oxygen atoms in total. The van der Waals surface area contributed by atoms with Gasteiger partial charge in [0.2, 0.25) is 0 Å². The lowest BCUT2D eigenvalue weighted by Crippen LogP contribution is -1.98. The molecule has 0 radical (unpaired) electrons. The maximum Gasteiger partial charge on any atom is 0.123 e. The summed E-state index contributed by atoms with van der Waals surface area (Å²) in [6.07, 6.45) is 1.08. The van der Waals surface area contributed by atoms with Crippen LogP contribution in [0.1, 0.15) is 40.3 Å². The van der Waals surface area contributed by atoms with Crippen LogP contribution in [-0.2, 0) is 25.1 Å². The number of phenolic OH excluding ortho intramolecular Hbond substituents is 3. The monoisotopic (exact) mass is 484 g/mol. The Bertz CT molecular complexity index is 1010. The third kappa shape index (κ3) is 4.92. The average Bonchev–Trinajstić information content (AvgIpc) is 2.70. The Labute approximate surface area is 195 Å². The van der Waals surface area contributed by atoms with Gasteiger partial charge in [-0.2, -0.15) is 0 Å². The summed E-state index contributed by atoms with van der Waals surface area (Å²) in [4.78, 5) is 0. The minimum absolute atomic E-state index is 0.0311. The first kappa shape index (κ1) is 22.9. The molecule has 158 valence electrons. The zero-order valence-electron chi connectivity index (χ0n) is 16.1. The van der Waals surface area contributed by atoms with Crippen LogP contribution in [0.4, 0.5) is 0 Å². The van der Waals surface area contributed by atoms with Crippen molar-refractivity contribution in [2.45, 2.75) is 32.1 Å². The fourth-order valence-electron chi connectivity index (χ4n) is 3.47. The minimum Gasteiger partial charge on any atom is -0.507 e. The second-order valence-electron chi connectivity index (χ2n) is 7.06. The lowest BCUT2D eigenvalue weighted by Gasteiger charge is -2.15. The summed E-state index contributed by atoms with van der Waals surface area (Å²) in [5.74, 6) is 0.334. The van der Waals surface area contributed by atoms with Gasteiger partial charge in [-0.1, -0.05) is 41.7 Å². The summed E-state index contributed by atoms with van der Waals surface area (Å²) in [7, 11) is 0. The van der Waals surface area contributed by atoms with Crippen LogP contribution in [0.3, 0.4) is 0 Å². The van der Waals surface area contributed by atoms with E-state index in [0.29, 0.717) is 49.3 Å². The van der Waals surface area contributed by atoms with E-state index in [1.54, 1.807) is 36.4 Å². The number of benzene rings is 3. The molecule has 0 unspecified atom stereocenters. The Balaban J connectivity index is 2.02. The van der Waals surface area contributed by atoms with Gasteiger partial charge < -0.3 is 15.3 Å². The maximum absolute atomic E-state index is 10.9. The summed E-state index contributed by atoms with van der Waals surface area (Å²) in [6.45, 7) is 1.93. The zero-order chi connectivity index (χ0) is 22.0. The van der Waals surface area contributed by atoms with Gasteiger partial charge in [0.15, 0.2) is 0 Å². The summed E-state index contributed by atoms with van der Waals surface area (Å²) in [5, 5.41) is 33.3. The molecular formula is C23H20Cl4O3. The van der Waals surface area contributed by atoms with Crippen molar-refractivity contribution < 1.29 is 15.3 Å². The third-order valence-corrected chi connectivity index (χ3v) is 5.93. The van der Waals surface area contributed by atoms with E-state index < -0.39 is 0 Å². The zero-order valence-corrected chi connectivity index (χ0v) is 19.2. The molecule has 0 fully saturated rings. The number of hydrogen-bond donors (Lipinski definition) is 3. The van der Waals surface area contributed by atoms with Gasteiger partial charge in [0, 0.05) is 55.7 Å². The molecule has 0 atom stereocenters. The Morgan fingerprint density at radius 3 is 1.23 bits per heavy atom. The number of aromatic hydroxyl groups is 3. The molecule has 3 rings (SSSR count). The average molecular weight is 486 g/mol. The van der Waals surface area contributed by atoms with E-state index in [1.165, 1.54) is 0 Å². The van der Waals surface area contributed by atoms with E-state index in [9.17, 15) is 15.3 Å². The van der Waals surface area contributed by atoms with Crippen molar-refractivity contribution in [1.82, 2.24) is 0 Å². The van der Waals surface area contributed by atoms with Gasteiger partial charge in [-0.05, 0) is 48.4 Å². The Hall–Kier alpha value is -1.78. The van der Waals surface area contributed by atoms with E-state index in [-0.39, 0.29) is 36.0 Å². The number of aryl methyl sites for hydroxylation is 1. The smallest absolute Gasteiger partial charge is 0.123 e. The third-order valence-electron chi connectivity index (χ3n) is 4.98. The first-order chi connectivity index (χ1) is 14.2. The van der Waals surface area contributed by atoms with Gasteiger partial charge in [-0.15, -0.1) is 11.6 Å². The summed E-state index contributed by atoms with van der Waals surface area (Å²) in [6, 6.07) is 9.91. The predicted octanol–water partition coefficient (Wildman–Crippen LogP) is 7.25. The Morgan fingerprint density at radius 2 is 0.867 bits per heavy atom. The molecular weight excluding hydrogens is 466 g/mol. The molecule has 3 N–H and O–H groups in total. The fraction of sp³-hybridized carbons (Fsp3) is 0.217. The highest BCUT2D eigenvalue weighted by atomic mass is 35.5. The molecule has 0 bridgehead atoms. The van der Waals surface area contributed by atoms with Crippen molar-refractivity contribution >= 4 is 46.4 Å². The lowest BCUT2D eigenvalue weighted by molar-refractivity contribution is 0.454. The van der Waals surface area contributed by atoms with Crippen LogP contribution in [-0.4, -0.2) is 15.3 Å². The Kier molecular flexibility index (Phi) is 7.30. The molecule has 0 amide bonds. The summed E-state index contributed by atoms with van der Waals surface area (Å²) < 4.78 is 0. The molecule has 0 saturated heterocycles. The number of halogens is 4. The first-order valence-corrected chi connectivity index (χ1v) is 11.0. The van der Waals surface area contributed by atoms with Crippen molar-refractivity contribution in [3.05, 3.63) is 84.8 Å². The van der Waals surface area contributed by atoms with E-state index in [0.717, 1.165) is 5.56 Å². The maximum atomic E-state index is 10.9. The van der Waals surface area contributed by atoms with Crippen molar-refractivity contribution in [1.29, 1.82) is 0 Å².